The summed E-state index contributed by atoms with van der Waals surface area (Å²) in [6.45, 7) is 2.00. The lowest BCUT2D eigenvalue weighted by molar-refractivity contribution is 0.691. The van der Waals surface area contributed by atoms with E-state index in [0.29, 0.717) is 0 Å². The molecule has 0 unspecified atom stereocenters. The Labute approximate surface area is 81.8 Å². The van der Waals surface area contributed by atoms with E-state index >= 15 is 0 Å². The zero-order chi connectivity index (χ0) is 9.76. The third-order valence-corrected chi connectivity index (χ3v) is 2.74. The second kappa shape index (κ2) is 2.33. The lowest BCUT2D eigenvalue weighted by Crippen LogP contribution is -2.19. The van der Waals surface area contributed by atoms with Gasteiger partial charge in [-0.05, 0) is 25.3 Å². The van der Waals surface area contributed by atoms with Gasteiger partial charge in [0.25, 0.3) is 0 Å². The van der Waals surface area contributed by atoms with Crippen molar-refractivity contribution >= 4 is 5.65 Å². The predicted octanol–water partition coefficient (Wildman–Crippen LogP) is 0.986. The highest BCUT2D eigenvalue weighted by molar-refractivity contribution is 5.42. The highest BCUT2D eigenvalue weighted by atomic mass is 15.3. The third kappa shape index (κ3) is 1.04. The molecular weight excluding hydrogens is 176 g/mol. The largest absolute Gasteiger partial charge is 0.320 e. The molecule has 14 heavy (non-hydrogen) atoms. The molecule has 0 atom stereocenters. The monoisotopic (exact) mass is 188 g/mol. The minimum atomic E-state index is -0.165. The van der Waals surface area contributed by atoms with Crippen LogP contribution in [-0.2, 0) is 5.54 Å². The lowest BCUT2D eigenvalue weighted by atomic mass is 10.2. The summed E-state index contributed by atoms with van der Waals surface area (Å²) >= 11 is 0. The summed E-state index contributed by atoms with van der Waals surface area (Å²) in [5.74, 6) is 0. The maximum Gasteiger partial charge on any atom is 0.155 e. The van der Waals surface area contributed by atoms with Crippen molar-refractivity contribution in [2.75, 3.05) is 0 Å². The topological polar surface area (TPSA) is 56.2 Å². The summed E-state index contributed by atoms with van der Waals surface area (Å²) in [5, 5.41) is 4.44. The fourth-order valence-corrected chi connectivity index (χ4v) is 1.60. The Kier molecular flexibility index (Phi) is 1.32. The van der Waals surface area contributed by atoms with Gasteiger partial charge in [-0.1, -0.05) is 0 Å². The van der Waals surface area contributed by atoms with Crippen molar-refractivity contribution in [3.8, 4) is 0 Å². The first-order valence-corrected chi connectivity index (χ1v) is 4.79. The first-order valence-electron chi connectivity index (χ1n) is 4.79. The Morgan fingerprint density at radius 1 is 1.50 bits per heavy atom. The van der Waals surface area contributed by atoms with Gasteiger partial charge in [0.05, 0.1) is 11.2 Å². The van der Waals surface area contributed by atoms with E-state index in [1.165, 1.54) is 0 Å². The standard InChI is InChI=1S/C10H12N4/c1-7-5-12-9-4-8(10(11)2-3-10)13-14(9)6-7/h4-6H,2-3,11H2,1H3. The second-order valence-electron chi connectivity index (χ2n) is 4.12. The van der Waals surface area contributed by atoms with Crippen LogP contribution in [0.3, 0.4) is 0 Å². The minimum Gasteiger partial charge on any atom is -0.320 e. The first-order chi connectivity index (χ1) is 6.67. The molecule has 2 aromatic heterocycles. The van der Waals surface area contributed by atoms with Crippen LogP contribution < -0.4 is 5.73 Å². The summed E-state index contributed by atoms with van der Waals surface area (Å²) in [7, 11) is 0. The van der Waals surface area contributed by atoms with Crippen LogP contribution in [0.2, 0.25) is 0 Å². The van der Waals surface area contributed by atoms with E-state index in [2.05, 4.69) is 10.1 Å². The minimum absolute atomic E-state index is 0.165. The van der Waals surface area contributed by atoms with Gasteiger partial charge in [0, 0.05) is 18.5 Å². The Bertz CT molecular complexity index is 496. The molecule has 3 rings (SSSR count). The van der Waals surface area contributed by atoms with Crippen LogP contribution in [0.15, 0.2) is 18.5 Å². The van der Waals surface area contributed by atoms with E-state index in [9.17, 15) is 0 Å². The van der Waals surface area contributed by atoms with Gasteiger partial charge in [0.2, 0.25) is 0 Å². The highest BCUT2D eigenvalue weighted by Gasteiger charge is 2.42. The molecule has 1 fully saturated rings. The van der Waals surface area contributed by atoms with Gasteiger partial charge in [0.1, 0.15) is 0 Å². The summed E-state index contributed by atoms with van der Waals surface area (Å²) in [5.41, 5.74) is 8.85. The Morgan fingerprint density at radius 3 is 3.00 bits per heavy atom. The molecule has 0 spiro atoms. The Balaban J connectivity index is 2.20. The van der Waals surface area contributed by atoms with Crippen molar-refractivity contribution in [1.29, 1.82) is 0 Å². The molecule has 4 nitrogen and oxygen atoms in total. The van der Waals surface area contributed by atoms with Gasteiger partial charge >= 0.3 is 0 Å². The van der Waals surface area contributed by atoms with Crippen molar-refractivity contribution in [2.24, 2.45) is 5.73 Å². The number of fused-ring (bicyclic) bond motifs is 1. The van der Waals surface area contributed by atoms with Gasteiger partial charge in [-0.2, -0.15) is 5.10 Å². The highest BCUT2D eigenvalue weighted by Crippen LogP contribution is 2.41. The zero-order valence-corrected chi connectivity index (χ0v) is 8.07. The van der Waals surface area contributed by atoms with Crippen LogP contribution in [-0.4, -0.2) is 14.6 Å². The first kappa shape index (κ1) is 7.94. The van der Waals surface area contributed by atoms with Crippen LogP contribution in [0.1, 0.15) is 24.1 Å². The van der Waals surface area contributed by atoms with Gasteiger partial charge in [-0.3, -0.25) is 0 Å². The molecule has 0 saturated heterocycles. The summed E-state index contributed by atoms with van der Waals surface area (Å²) in [4.78, 5) is 4.29. The van der Waals surface area contributed by atoms with Crippen molar-refractivity contribution in [3.63, 3.8) is 0 Å². The number of hydrogen-bond donors (Lipinski definition) is 1. The summed E-state index contributed by atoms with van der Waals surface area (Å²) in [6, 6.07) is 1.98. The number of aryl methyl sites for hydroxylation is 1. The molecule has 2 heterocycles. The molecule has 0 amide bonds. The molecule has 0 radical (unpaired) electrons. The number of nitrogens with zero attached hydrogens (tertiary/aromatic N) is 3. The number of hydrogen-bond acceptors (Lipinski definition) is 3. The van der Waals surface area contributed by atoms with E-state index in [1.54, 1.807) is 4.52 Å². The van der Waals surface area contributed by atoms with Crippen LogP contribution in [0, 0.1) is 6.92 Å². The van der Waals surface area contributed by atoms with Gasteiger partial charge < -0.3 is 5.73 Å². The van der Waals surface area contributed by atoms with E-state index < -0.39 is 0 Å². The fraction of sp³-hybridized carbons (Fsp3) is 0.400. The van der Waals surface area contributed by atoms with Gasteiger partial charge in [0.15, 0.2) is 5.65 Å². The maximum absolute atomic E-state index is 6.07. The lowest BCUT2D eigenvalue weighted by Gasteiger charge is -2.00. The molecule has 1 aliphatic carbocycles. The number of nitrogens with two attached hydrogens (primary N) is 1. The predicted molar refractivity (Wildman–Crippen MR) is 52.8 cm³/mol. The van der Waals surface area contributed by atoms with Gasteiger partial charge in [-0.25, -0.2) is 9.50 Å². The van der Waals surface area contributed by atoms with E-state index in [4.69, 9.17) is 5.73 Å². The quantitative estimate of drug-likeness (QED) is 0.726. The molecule has 72 valence electrons. The Hall–Kier alpha value is -1.42. The van der Waals surface area contributed by atoms with Gasteiger partial charge in [-0.15, -0.1) is 0 Å². The molecule has 1 aliphatic rings. The Morgan fingerprint density at radius 2 is 2.29 bits per heavy atom. The summed E-state index contributed by atoms with van der Waals surface area (Å²) < 4.78 is 1.80. The summed E-state index contributed by atoms with van der Waals surface area (Å²) in [6.07, 6.45) is 5.89. The van der Waals surface area contributed by atoms with Crippen LogP contribution in [0.5, 0.6) is 0 Å². The molecule has 0 aliphatic heterocycles. The van der Waals surface area contributed by atoms with Crippen LogP contribution >= 0.6 is 0 Å². The SMILES string of the molecule is Cc1cnc2cc(C3(N)CC3)nn2c1. The normalized spacial score (nSPS) is 18.7. The second-order valence-corrected chi connectivity index (χ2v) is 4.12. The smallest absolute Gasteiger partial charge is 0.155 e. The molecule has 0 bridgehead atoms. The molecule has 0 aromatic carbocycles. The van der Waals surface area contributed by atoms with Crippen LogP contribution in [0.25, 0.3) is 5.65 Å². The maximum atomic E-state index is 6.07. The van der Waals surface area contributed by atoms with Crippen LogP contribution in [0.4, 0.5) is 0 Å². The van der Waals surface area contributed by atoms with Crippen molar-refractivity contribution in [1.82, 2.24) is 14.6 Å². The van der Waals surface area contributed by atoms with E-state index in [1.807, 2.05) is 25.4 Å². The third-order valence-electron chi connectivity index (χ3n) is 2.74. The molecule has 2 aromatic rings. The fourth-order valence-electron chi connectivity index (χ4n) is 1.60. The average Bonchev–Trinajstić information content (AvgIpc) is 2.77. The number of aromatic nitrogens is 3. The van der Waals surface area contributed by atoms with Crippen molar-refractivity contribution in [2.45, 2.75) is 25.3 Å². The van der Waals surface area contributed by atoms with E-state index in [-0.39, 0.29) is 5.54 Å². The van der Waals surface area contributed by atoms with E-state index in [0.717, 1.165) is 29.7 Å². The molecule has 2 N–H and O–H groups in total. The zero-order valence-electron chi connectivity index (χ0n) is 8.07. The average molecular weight is 188 g/mol. The number of rotatable bonds is 1. The molecular formula is C10H12N4. The van der Waals surface area contributed by atoms with Crippen molar-refractivity contribution < 1.29 is 0 Å². The molecule has 1 saturated carbocycles. The van der Waals surface area contributed by atoms with Crippen molar-refractivity contribution in [3.05, 3.63) is 29.7 Å². The molecule has 4 heteroatoms.